The highest BCUT2D eigenvalue weighted by Crippen LogP contribution is 2.25. The first kappa shape index (κ1) is 22.7. The summed E-state index contributed by atoms with van der Waals surface area (Å²) in [7, 11) is 0. The second kappa shape index (κ2) is 9.96. The Morgan fingerprint density at radius 1 is 1.25 bits per heavy atom. The van der Waals surface area contributed by atoms with Gasteiger partial charge in [0.1, 0.15) is 10.7 Å². The van der Waals surface area contributed by atoms with E-state index < -0.39 is 0 Å². The van der Waals surface area contributed by atoms with E-state index in [9.17, 15) is 9.59 Å². The summed E-state index contributed by atoms with van der Waals surface area (Å²) in [6.45, 7) is 10.1. The Kier molecular flexibility index (Phi) is 7.06. The molecule has 1 saturated heterocycles. The number of nitrogens with zero attached hydrogens (tertiary/aromatic N) is 2. The van der Waals surface area contributed by atoms with Gasteiger partial charge >= 0.3 is 0 Å². The third-order valence-corrected chi connectivity index (χ3v) is 7.44. The van der Waals surface area contributed by atoms with Crippen molar-refractivity contribution in [1.29, 1.82) is 0 Å². The molecule has 2 N–H and O–H groups in total. The smallest absolute Gasteiger partial charge is 0.259 e. The van der Waals surface area contributed by atoms with Gasteiger partial charge in [-0.3, -0.25) is 14.5 Å². The fraction of sp³-hybridized carbons (Fsp3) is 0.480. The highest BCUT2D eigenvalue weighted by atomic mass is 32.1. The first-order chi connectivity index (χ1) is 15.4. The van der Waals surface area contributed by atoms with E-state index in [1.54, 1.807) is 0 Å². The first-order valence-electron chi connectivity index (χ1n) is 11.4. The standard InChI is InChI=1S/C25H32N4O2S/c1-16-5-4-12-29(14-16)15-20-8-6-19(7-9-20)13-26-22(30)11-10-21-27-24(31)23-17(2)18(3)32-25(23)28-21/h6-9,16H,4-5,10-15H2,1-3H3,(H,26,30)(H,27,28,31). The second-order valence-corrected chi connectivity index (χ2v) is 10.3. The van der Waals surface area contributed by atoms with Crippen LogP contribution in [0.15, 0.2) is 29.1 Å². The van der Waals surface area contributed by atoms with Crippen LogP contribution in [0, 0.1) is 19.8 Å². The first-order valence-corrected chi connectivity index (χ1v) is 12.3. The van der Waals surface area contributed by atoms with E-state index in [4.69, 9.17) is 0 Å². The van der Waals surface area contributed by atoms with Crippen molar-refractivity contribution in [2.75, 3.05) is 13.1 Å². The number of amides is 1. The van der Waals surface area contributed by atoms with Gasteiger partial charge in [-0.15, -0.1) is 11.3 Å². The molecule has 7 heteroatoms. The van der Waals surface area contributed by atoms with E-state index in [-0.39, 0.29) is 11.5 Å². The molecule has 1 atom stereocenters. The number of carbonyl (C=O) groups is 1. The Morgan fingerprint density at radius 3 is 2.75 bits per heavy atom. The van der Waals surface area contributed by atoms with Crippen molar-refractivity contribution in [2.24, 2.45) is 5.92 Å². The number of benzene rings is 1. The van der Waals surface area contributed by atoms with E-state index in [1.165, 1.54) is 42.8 Å². The van der Waals surface area contributed by atoms with Gasteiger partial charge in [0.25, 0.3) is 5.56 Å². The number of carbonyl (C=O) groups excluding carboxylic acids is 1. The summed E-state index contributed by atoms with van der Waals surface area (Å²) in [5.74, 6) is 1.31. The van der Waals surface area contributed by atoms with E-state index in [1.807, 2.05) is 13.8 Å². The van der Waals surface area contributed by atoms with E-state index in [0.717, 1.165) is 33.3 Å². The van der Waals surface area contributed by atoms with Crippen molar-refractivity contribution in [2.45, 2.75) is 59.5 Å². The number of nitrogens with one attached hydrogen (secondary N) is 2. The second-order valence-electron chi connectivity index (χ2n) is 9.05. The van der Waals surface area contributed by atoms with Crippen LogP contribution in [0.25, 0.3) is 10.2 Å². The number of aromatic amines is 1. The summed E-state index contributed by atoms with van der Waals surface area (Å²) in [5.41, 5.74) is 3.27. The Balaban J connectivity index is 1.26. The monoisotopic (exact) mass is 452 g/mol. The highest BCUT2D eigenvalue weighted by Gasteiger charge is 2.16. The van der Waals surface area contributed by atoms with E-state index >= 15 is 0 Å². The molecule has 1 unspecified atom stereocenters. The molecule has 0 saturated carbocycles. The molecule has 0 aliphatic carbocycles. The molecule has 1 fully saturated rings. The molecule has 170 valence electrons. The van der Waals surface area contributed by atoms with Crippen molar-refractivity contribution in [3.8, 4) is 0 Å². The minimum atomic E-state index is -0.119. The number of rotatable bonds is 7. The highest BCUT2D eigenvalue weighted by molar-refractivity contribution is 7.18. The predicted molar refractivity (Wildman–Crippen MR) is 130 cm³/mol. The molecule has 0 radical (unpaired) electrons. The van der Waals surface area contributed by atoms with Crippen LogP contribution < -0.4 is 10.9 Å². The third-order valence-electron chi connectivity index (χ3n) is 6.34. The molecule has 1 aliphatic rings. The number of fused-ring (bicyclic) bond motifs is 1. The molecule has 1 amide bonds. The van der Waals surface area contributed by atoms with Gasteiger partial charge in [-0.2, -0.15) is 0 Å². The maximum Gasteiger partial charge on any atom is 0.259 e. The van der Waals surface area contributed by atoms with Gasteiger partial charge in [-0.05, 0) is 55.8 Å². The fourth-order valence-electron chi connectivity index (χ4n) is 4.39. The Bertz CT molecular complexity index is 1150. The van der Waals surface area contributed by atoms with Gasteiger partial charge in [-0.25, -0.2) is 4.98 Å². The van der Waals surface area contributed by atoms with Crippen molar-refractivity contribution in [3.05, 3.63) is 62.0 Å². The van der Waals surface area contributed by atoms with Gasteiger partial charge in [0, 0.05) is 37.4 Å². The number of hydrogen-bond donors (Lipinski definition) is 2. The lowest BCUT2D eigenvalue weighted by Gasteiger charge is -2.30. The molecule has 4 rings (SSSR count). The van der Waals surface area contributed by atoms with Crippen LogP contribution in [0.2, 0.25) is 0 Å². The number of H-pyrrole nitrogens is 1. The van der Waals surface area contributed by atoms with Crippen molar-refractivity contribution in [3.63, 3.8) is 0 Å². The molecule has 0 spiro atoms. The van der Waals surface area contributed by atoms with E-state index in [2.05, 4.69) is 51.4 Å². The SMILES string of the molecule is Cc1sc2nc(CCC(=O)NCc3ccc(CN4CCCC(C)C4)cc3)[nH]c(=O)c2c1C. The Labute approximate surface area is 193 Å². The summed E-state index contributed by atoms with van der Waals surface area (Å²) in [4.78, 5) is 36.4. The van der Waals surface area contributed by atoms with Gasteiger partial charge in [0.05, 0.1) is 5.39 Å². The van der Waals surface area contributed by atoms with Crippen LogP contribution in [-0.4, -0.2) is 33.9 Å². The van der Waals surface area contributed by atoms with Crippen LogP contribution >= 0.6 is 11.3 Å². The maximum atomic E-state index is 12.4. The third kappa shape index (κ3) is 5.45. The Hall–Kier alpha value is -2.51. The van der Waals surface area contributed by atoms with E-state index in [0.29, 0.717) is 30.6 Å². The fourth-order valence-corrected chi connectivity index (χ4v) is 5.44. The van der Waals surface area contributed by atoms with Crippen molar-refractivity contribution < 1.29 is 4.79 Å². The molecule has 2 aromatic heterocycles. The molecule has 0 bridgehead atoms. The number of aryl methyl sites for hydroxylation is 3. The Morgan fingerprint density at radius 2 is 2.00 bits per heavy atom. The minimum absolute atomic E-state index is 0.0438. The van der Waals surface area contributed by atoms with Gasteiger partial charge < -0.3 is 10.3 Å². The van der Waals surface area contributed by atoms with Crippen LogP contribution in [0.1, 0.15) is 53.6 Å². The molecular weight excluding hydrogens is 420 g/mol. The molecule has 3 aromatic rings. The number of hydrogen-bond acceptors (Lipinski definition) is 5. The quantitative estimate of drug-likeness (QED) is 0.566. The molecular formula is C25H32N4O2S. The number of thiophene rings is 1. The molecule has 32 heavy (non-hydrogen) atoms. The lowest BCUT2D eigenvalue weighted by molar-refractivity contribution is -0.121. The van der Waals surface area contributed by atoms with Crippen LogP contribution in [0.3, 0.4) is 0 Å². The summed E-state index contributed by atoms with van der Waals surface area (Å²) in [6.07, 6.45) is 3.33. The zero-order chi connectivity index (χ0) is 22.7. The largest absolute Gasteiger partial charge is 0.352 e. The molecule has 3 heterocycles. The van der Waals surface area contributed by atoms with Crippen LogP contribution in [-0.2, 0) is 24.3 Å². The van der Waals surface area contributed by atoms with Crippen molar-refractivity contribution >= 4 is 27.5 Å². The zero-order valence-electron chi connectivity index (χ0n) is 19.2. The lowest BCUT2D eigenvalue weighted by Crippen LogP contribution is -2.33. The average Bonchev–Trinajstić information content (AvgIpc) is 3.05. The molecule has 6 nitrogen and oxygen atoms in total. The van der Waals surface area contributed by atoms with Gasteiger partial charge in [-0.1, -0.05) is 31.2 Å². The minimum Gasteiger partial charge on any atom is -0.352 e. The normalized spacial score (nSPS) is 17.0. The molecule has 1 aromatic carbocycles. The van der Waals surface area contributed by atoms with Crippen LogP contribution in [0.4, 0.5) is 0 Å². The lowest BCUT2D eigenvalue weighted by atomic mass is 9.99. The molecule has 1 aliphatic heterocycles. The number of piperidine rings is 1. The van der Waals surface area contributed by atoms with Gasteiger partial charge in [0.15, 0.2) is 0 Å². The predicted octanol–water partition coefficient (Wildman–Crippen LogP) is 4.08. The average molecular weight is 453 g/mol. The van der Waals surface area contributed by atoms with Crippen LogP contribution in [0.5, 0.6) is 0 Å². The van der Waals surface area contributed by atoms with Gasteiger partial charge in [0.2, 0.25) is 5.91 Å². The number of aromatic nitrogens is 2. The topological polar surface area (TPSA) is 78.1 Å². The summed E-state index contributed by atoms with van der Waals surface area (Å²) < 4.78 is 0. The number of likely N-dealkylation sites (tertiary alicyclic amines) is 1. The maximum absolute atomic E-state index is 12.4. The van der Waals surface area contributed by atoms with Crippen molar-refractivity contribution in [1.82, 2.24) is 20.2 Å². The summed E-state index contributed by atoms with van der Waals surface area (Å²) in [5, 5.41) is 3.64. The zero-order valence-corrected chi connectivity index (χ0v) is 20.0. The summed E-state index contributed by atoms with van der Waals surface area (Å²) in [6, 6.07) is 8.51. The summed E-state index contributed by atoms with van der Waals surface area (Å²) >= 11 is 1.53.